The van der Waals surface area contributed by atoms with Gasteiger partial charge in [0.25, 0.3) is 10.0 Å². The summed E-state index contributed by atoms with van der Waals surface area (Å²) in [5.41, 5.74) is 1.48. The number of hydrogen-bond acceptors (Lipinski definition) is 3. The molecule has 0 bridgehead atoms. The van der Waals surface area contributed by atoms with Crippen LogP contribution >= 0.6 is 15.9 Å². The van der Waals surface area contributed by atoms with Gasteiger partial charge in [-0.15, -0.1) is 0 Å². The summed E-state index contributed by atoms with van der Waals surface area (Å²) >= 11 is 3.33. The second kappa shape index (κ2) is 6.37. The molecule has 0 aliphatic carbocycles. The van der Waals surface area contributed by atoms with Crippen molar-refractivity contribution >= 4 is 31.7 Å². The van der Waals surface area contributed by atoms with Crippen LogP contribution in [0.4, 0.5) is 0 Å². The zero-order valence-electron chi connectivity index (χ0n) is 12.8. The van der Waals surface area contributed by atoms with Gasteiger partial charge in [0.2, 0.25) is 5.78 Å². The van der Waals surface area contributed by atoms with Crippen LogP contribution in [0.2, 0.25) is 0 Å². The number of nitrogens with zero attached hydrogens (tertiary/aromatic N) is 1. The molecule has 1 heterocycles. The number of carbonyl (C=O) groups excluding carboxylic acids is 1. The lowest BCUT2D eigenvalue weighted by molar-refractivity contribution is 0.103. The van der Waals surface area contributed by atoms with Crippen LogP contribution in [0.25, 0.3) is 0 Å². The molecule has 0 atom stereocenters. The first-order valence-corrected chi connectivity index (χ1v) is 9.43. The molecule has 6 heteroatoms. The highest BCUT2D eigenvalue weighted by Gasteiger charge is 2.24. The average Bonchev–Trinajstić information content (AvgIpc) is 3.05. The van der Waals surface area contributed by atoms with Gasteiger partial charge in [-0.1, -0.05) is 45.8 Å². The molecule has 0 saturated carbocycles. The van der Waals surface area contributed by atoms with Crippen LogP contribution in [0, 0.1) is 6.92 Å². The van der Waals surface area contributed by atoms with Crippen molar-refractivity contribution in [3.8, 4) is 0 Å². The molecule has 0 aliphatic heterocycles. The lowest BCUT2D eigenvalue weighted by Crippen LogP contribution is -2.18. The molecule has 0 N–H and O–H groups in total. The Hall–Kier alpha value is -2.18. The predicted octanol–water partition coefficient (Wildman–Crippen LogP) is 4.03. The van der Waals surface area contributed by atoms with E-state index in [2.05, 4.69) is 15.9 Å². The first-order chi connectivity index (χ1) is 11.4. The Morgan fingerprint density at radius 2 is 1.62 bits per heavy atom. The topological polar surface area (TPSA) is 56.1 Å². The molecule has 0 aliphatic rings. The molecule has 0 fully saturated rings. The van der Waals surface area contributed by atoms with E-state index in [0.29, 0.717) is 10.0 Å². The maximum Gasteiger partial charge on any atom is 0.268 e. The van der Waals surface area contributed by atoms with Crippen molar-refractivity contribution in [3.63, 3.8) is 0 Å². The summed E-state index contributed by atoms with van der Waals surface area (Å²) < 4.78 is 27.3. The smallest absolute Gasteiger partial charge is 0.268 e. The van der Waals surface area contributed by atoms with Crippen LogP contribution < -0.4 is 0 Å². The quantitative estimate of drug-likeness (QED) is 0.617. The summed E-state index contributed by atoms with van der Waals surface area (Å²) in [5, 5.41) is 0. The molecule has 0 unspecified atom stereocenters. The van der Waals surface area contributed by atoms with E-state index in [1.807, 2.05) is 6.92 Å². The number of benzene rings is 2. The molecule has 0 amide bonds. The average molecular weight is 404 g/mol. The molecule has 3 rings (SSSR count). The molecule has 1 aromatic heterocycles. The van der Waals surface area contributed by atoms with Crippen LogP contribution in [-0.4, -0.2) is 18.2 Å². The Bertz CT molecular complexity index is 1000. The summed E-state index contributed by atoms with van der Waals surface area (Å²) in [4.78, 5) is 12.9. The Morgan fingerprint density at radius 1 is 0.958 bits per heavy atom. The molecule has 3 aromatic rings. The monoisotopic (exact) mass is 403 g/mol. The van der Waals surface area contributed by atoms with Crippen LogP contribution in [0.15, 0.2) is 76.2 Å². The SMILES string of the molecule is Cc1ccc(S(=O)(=O)n2cccc2C(=O)c2ccccc2Br)cc1. The van der Waals surface area contributed by atoms with Gasteiger partial charge >= 0.3 is 0 Å². The normalized spacial score (nSPS) is 11.4. The first-order valence-electron chi connectivity index (χ1n) is 7.20. The van der Waals surface area contributed by atoms with Crippen molar-refractivity contribution in [2.75, 3.05) is 0 Å². The second-order valence-electron chi connectivity index (χ2n) is 5.32. The van der Waals surface area contributed by atoms with Gasteiger partial charge in [-0.2, -0.15) is 0 Å². The molecule has 2 aromatic carbocycles. The molecule has 0 saturated heterocycles. The molecule has 122 valence electrons. The van der Waals surface area contributed by atoms with Crippen LogP contribution in [-0.2, 0) is 10.0 Å². The summed E-state index contributed by atoms with van der Waals surface area (Å²) in [5.74, 6) is -0.358. The number of carbonyl (C=O) groups is 1. The Balaban J connectivity index is 2.09. The molecule has 0 spiro atoms. The van der Waals surface area contributed by atoms with Crippen molar-refractivity contribution < 1.29 is 13.2 Å². The van der Waals surface area contributed by atoms with Crippen molar-refractivity contribution in [3.05, 3.63) is 88.2 Å². The maximum atomic E-state index is 12.8. The molecular weight excluding hydrogens is 390 g/mol. The Kier molecular flexibility index (Phi) is 4.43. The minimum absolute atomic E-state index is 0.0995. The standard InChI is InChI=1S/C18H14BrNO3S/c1-13-8-10-14(11-9-13)24(22,23)20-12-4-7-17(20)18(21)15-5-2-3-6-16(15)19/h2-12H,1H3. The number of hydrogen-bond donors (Lipinski definition) is 0. The first kappa shape index (κ1) is 16.7. The fourth-order valence-electron chi connectivity index (χ4n) is 2.36. The van der Waals surface area contributed by atoms with Gasteiger partial charge in [-0.3, -0.25) is 4.79 Å². The van der Waals surface area contributed by atoms with Crippen LogP contribution in [0.5, 0.6) is 0 Å². The molecule has 0 radical (unpaired) electrons. The van der Waals surface area contributed by atoms with Gasteiger partial charge in [-0.25, -0.2) is 12.4 Å². The van der Waals surface area contributed by atoms with Crippen molar-refractivity contribution in [2.45, 2.75) is 11.8 Å². The van der Waals surface area contributed by atoms with Gasteiger partial charge in [0, 0.05) is 16.2 Å². The van der Waals surface area contributed by atoms with E-state index in [9.17, 15) is 13.2 Å². The predicted molar refractivity (Wildman–Crippen MR) is 95.8 cm³/mol. The highest BCUT2D eigenvalue weighted by atomic mass is 79.9. The van der Waals surface area contributed by atoms with E-state index < -0.39 is 10.0 Å². The minimum atomic E-state index is -3.83. The molecule has 24 heavy (non-hydrogen) atoms. The van der Waals surface area contributed by atoms with E-state index in [0.717, 1.165) is 9.54 Å². The summed E-state index contributed by atoms with van der Waals surface area (Å²) in [7, 11) is -3.83. The van der Waals surface area contributed by atoms with Crippen molar-refractivity contribution in [1.82, 2.24) is 3.97 Å². The fourth-order valence-corrected chi connectivity index (χ4v) is 4.16. The van der Waals surface area contributed by atoms with Gasteiger partial charge in [0.15, 0.2) is 0 Å². The van der Waals surface area contributed by atoms with Crippen molar-refractivity contribution in [1.29, 1.82) is 0 Å². The van der Waals surface area contributed by atoms with Gasteiger partial charge in [0.05, 0.1) is 4.90 Å². The molecule has 4 nitrogen and oxygen atoms in total. The number of ketones is 1. The molecular formula is C18H14BrNO3S. The minimum Gasteiger partial charge on any atom is -0.287 e. The van der Waals surface area contributed by atoms with E-state index in [-0.39, 0.29) is 16.4 Å². The zero-order valence-corrected chi connectivity index (χ0v) is 15.2. The maximum absolute atomic E-state index is 12.8. The third-order valence-corrected chi connectivity index (χ3v) is 6.04. The van der Waals surface area contributed by atoms with E-state index >= 15 is 0 Å². The fraction of sp³-hybridized carbons (Fsp3) is 0.0556. The third-order valence-electron chi connectivity index (χ3n) is 3.64. The third kappa shape index (κ3) is 2.95. The second-order valence-corrected chi connectivity index (χ2v) is 7.99. The largest absolute Gasteiger partial charge is 0.287 e. The number of aryl methyl sites for hydroxylation is 1. The Labute approximate surface area is 148 Å². The van der Waals surface area contributed by atoms with Crippen LogP contribution in [0.1, 0.15) is 21.6 Å². The number of aromatic nitrogens is 1. The summed E-state index contributed by atoms with van der Waals surface area (Å²) in [6.07, 6.45) is 1.39. The van der Waals surface area contributed by atoms with Gasteiger partial charge in [0.1, 0.15) is 5.69 Å². The summed E-state index contributed by atoms with van der Waals surface area (Å²) in [6, 6.07) is 16.5. The van der Waals surface area contributed by atoms with Gasteiger partial charge < -0.3 is 0 Å². The number of halogens is 1. The van der Waals surface area contributed by atoms with Gasteiger partial charge in [-0.05, 0) is 43.3 Å². The highest BCUT2D eigenvalue weighted by molar-refractivity contribution is 9.10. The highest BCUT2D eigenvalue weighted by Crippen LogP contribution is 2.23. The van der Waals surface area contributed by atoms with E-state index in [1.165, 1.54) is 24.4 Å². The lowest BCUT2D eigenvalue weighted by Gasteiger charge is -2.11. The van der Waals surface area contributed by atoms with Crippen molar-refractivity contribution in [2.24, 2.45) is 0 Å². The number of rotatable bonds is 4. The summed E-state index contributed by atoms with van der Waals surface area (Å²) in [6.45, 7) is 1.88. The van der Waals surface area contributed by atoms with Crippen LogP contribution in [0.3, 0.4) is 0 Å². The lowest BCUT2D eigenvalue weighted by atomic mass is 10.1. The van der Waals surface area contributed by atoms with E-state index in [1.54, 1.807) is 42.5 Å². The Morgan fingerprint density at radius 3 is 2.29 bits per heavy atom. The zero-order chi connectivity index (χ0) is 17.3. The van der Waals surface area contributed by atoms with E-state index in [4.69, 9.17) is 0 Å².